The maximum absolute atomic E-state index is 6.18. The van der Waals surface area contributed by atoms with Crippen molar-refractivity contribution in [2.45, 2.75) is 56.6 Å². The van der Waals surface area contributed by atoms with Crippen LogP contribution in [0.2, 0.25) is 0 Å². The van der Waals surface area contributed by atoms with Gasteiger partial charge in [0.2, 0.25) is 0 Å². The first kappa shape index (κ1) is 19.4. The molecule has 27 heavy (non-hydrogen) atoms. The molecule has 1 aromatic carbocycles. The maximum atomic E-state index is 6.18. The molecule has 3 aliphatic rings. The molecule has 3 heterocycles. The van der Waals surface area contributed by atoms with E-state index in [4.69, 9.17) is 9.47 Å². The average Bonchev–Trinajstić information content (AvgIpc) is 2.73. The first-order valence-electron chi connectivity index (χ1n) is 11.0. The Morgan fingerprint density at radius 3 is 2.56 bits per heavy atom. The number of rotatable bonds is 6. The molecule has 1 atom stereocenters. The van der Waals surface area contributed by atoms with Gasteiger partial charge in [0, 0.05) is 32.4 Å². The Hall–Kier alpha value is -0.940. The lowest BCUT2D eigenvalue weighted by molar-refractivity contribution is -0.140. The van der Waals surface area contributed by atoms with Gasteiger partial charge in [0.1, 0.15) is 0 Å². The van der Waals surface area contributed by atoms with E-state index in [2.05, 4.69) is 40.5 Å². The van der Waals surface area contributed by atoms with Gasteiger partial charge in [-0.1, -0.05) is 30.3 Å². The zero-order valence-corrected chi connectivity index (χ0v) is 16.7. The fourth-order valence-electron chi connectivity index (χ4n) is 4.97. The van der Waals surface area contributed by atoms with Gasteiger partial charge in [0.15, 0.2) is 0 Å². The van der Waals surface area contributed by atoms with E-state index in [1.165, 1.54) is 63.8 Å². The van der Waals surface area contributed by atoms with Crippen LogP contribution in [-0.2, 0) is 15.9 Å². The van der Waals surface area contributed by atoms with Crippen LogP contribution in [0.4, 0.5) is 0 Å². The highest BCUT2D eigenvalue weighted by atomic mass is 16.5. The third-order valence-corrected chi connectivity index (χ3v) is 6.86. The zero-order chi connectivity index (χ0) is 18.4. The van der Waals surface area contributed by atoms with E-state index in [0.29, 0.717) is 6.04 Å². The molecule has 4 heteroatoms. The number of benzene rings is 1. The Morgan fingerprint density at radius 1 is 1.00 bits per heavy atom. The molecule has 0 amide bonds. The molecule has 3 aliphatic heterocycles. The fourth-order valence-corrected chi connectivity index (χ4v) is 4.97. The van der Waals surface area contributed by atoms with Crippen molar-refractivity contribution in [2.24, 2.45) is 5.92 Å². The summed E-state index contributed by atoms with van der Waals surface area (Å²) in [6.07, 6.45) is 8.34. The first-order valence-corrected chi connectivity index (χ1v) is 11.0. The molecule has 0 radical (unpaired) electrons. The summed E-state index contributed by atoms with van der Waals surface area (Å²) >= 11 is 0. The lowest BCUT2D eigenvalue weighted by Gasteiger charge is -2.44. The molecule has 4 nitrogen and oxygen atoms in total. The highest BCUT2D eigenvalue weighted by Gasteiger charge is 2.39. The number of likely N-dealkylation sites (tertiary alicyclic amines) is 1. The Morgan fingerprint density at radius 2 is 1.78 bits per heavy atom. The van der Waals surface area contributed by atoms with Gasteiger partial charge in [-0.25, -0.2) is 0 Å². The van der Waals surface area contributed by atoms with E-state index < -0.39 is 0 Å². The molecule has 1 N–H and O–H groups in total. The quantitative estimate of drug-likeness (QED) is 0.831. The first-order chi connectivity index (χ1) is 13.3. The van der Waals surface area contributed by atoms with Gasteiger partial charge in [0.25, 0.3) is 0 Å². The lowest BCUT2D eigenvalue weighted by atomic mass is 9.84. The van der Waals surface area contributed by atoms with Crippen LogP contribution in [0.5, 0.6) is 0 Å². The topological polar surface area (TPSA) is 33.7 Å². The highest BCUT2D eigenvalue weighted by molar-refractivity contribution is 5.14. The standard InChI is InChI=1S/C23H36N2O2/c1-2-4-20(5-3-1)6-12-25-13-7-21(8-14-25)19-24-22-9-15-27-23(18-22)10-16-26-17-11-23/h1-5,21-22,24H,6-19H2/t22-/m1/s1. The minimum absolute atomic E-state index is 0.106. The summed E-state index contributed by atoms with van der Waals surface area (Å²) in [5, 5.41) is 3.90. The molecule has 0 saturated carbocycles. The molecule has 3 saturated heterocycles. The molecule has 1 spiro atoms. The molecule has 0 aromatic heterocycles. The molecule has 0 unspecified atom stereocenters. The zero-order valence-electron chi connectivity index (χ0n) is 16.7. The summed E-state index contributed by atoms with van der Waals surface area (Å²) in [5.74, 6) is 0.839. The molecule has 0 aliphatic carbocycles. The highest BCUT2D eigenvalue weighted by Crippen LogP contribution is 2.34. The van der Waals surface area contributed by atoms with Crippen LogP contribution < -0.4 is 5.32 Å². The number of nitrogens with zero attached hydrogens (tertiary/aromatic N) is 1. The van der Waals surface area contributed by atoms with Gasteiger partial charge in [-0.2, -0.15) is 0 Å². The number of hydrogen-bond donors (Lipinski definition) is 1. The number of nitrogens with one attached hydrogen (secondary N) is 1. The van der Waals surface area contributed by atoms with Crippen LogP contribution in [-0.4, -0.2) is 62.5 Å². The van der Waals surface area contributed by atoms with E-state index in [9.17, 15) is 0 Å². The van der Waals surface area contributed by atoms with Crippen LogP contribution in [0.15, 0.2) is 30.3 Å². The molecular weight excluding hydrogens is 336 g/mol. The van der Waals surface area contributed by atoms with E-state index in [0.717, 1.165) is 38.6 Å². The Labute approximate surface area is 164 Å². The second-order valence-corrected chi connectivity index (χ2v) is 8.76. The molecule has 4 rings (SSSR count). The SMILES string of the molecule is c1ccc(CCN2CCC(CN[C@@H]3CCOC4(CCOCC4)C3)CC2)cc1. The average molecular weight is 373 g/mol. The Balaban J connectivity index is 1.14. The minimum Gasteiger partial charge on any atom is -0.381 e. The third-order valence-electron chi connectivity index (χ3n) is 6.86. The predicted octanol–water partition coefficient (Wildman–Crippen LogP) is 3.26. The van der Waals surface area contributed by atoms with Crippen molar-refractivity contribution in [2.75, 3.05) is 46.0 Å². The van der Waals surface area contributed by atoms with Crippen LogP contribution in [0.25, 0.3) is 0 Å². The molecular formula is C23H36N2O2. The van der Waals surface area contributed by atoms with E-state index in [1.54, 1.807) is 0 Å². The third kappa shape index (κ3) is 5.54. The van der Waals surface area contributed by atoms with Crippen molar-refractivity contribution in [1.82, 2.24) is 10.2 Å². The predicted molar refractivity (Wildman–Crippen MR) is 109 cm³/mol. The second-order valence-electron chi connectivity index (χ2n) is 8.76. The Bertz CT molecular complexity index is 545. The van der Waals surface area contributed by atoms with Crippen LogP contribution >= 0.6 is 0 Å². The molecule has 0 bridgehead atoms. The van der Waals surface area contributed by atoms with Gasteiger partial charge < -0.3 is 19.7 Å². The van der Waals surface area contributed by atoms with Crippen LogP contribution in [0.1, 0.15) is 44.1 Å². The molecule has 1 aromatic rings. The summed E-state index contributed by atoms with van der Waals surface area (Å²) < 4.78 is 11.7. The molecule has 3 fully saturated rings. The fraction of sp³-hybridized carbons (Fsp3) is 0.739. The van der Waals surface area contributed by atoms with E-state index >= 15 is 0 Å². The normalized spacial score (nSPS) is 27.0. The van der Waals surface area contributed by atoms with Gasteiger partial charge in [0.05, 0.1) is 5.60 Å². The van der Waals surface area contributed by atoms with Crippen molar-refractivity contribution in [3.8, 4) is 0 Å². The van der Waals surface area contributed by atoms with Gasteiger partial charge in [-0.05, 0) is 76.1 Å². The summed E-state index contributed by atoms with van der Waals surface area (Å²) in [7, 11) is 0. The van der Waals surface area contributed by atoms with E-state index in [1.807, 2.05) is 0 Å². The van der Waals surface area contributed by atoms with E-state index in [-0.39, 0.29) is 5.60 Å². The van der Waals surface area contributed by atoms with Gasteiger partial charge in [-0.3, -0.25) is 0 Å². The van der Waals surface area contributed by atoms with Crippen molar-refractivity contribution < 1.29 is 9.47 Å². The molecule has 150 valence electrons. The summed E-state index contributed by atoms with van der Waals surface area (Å²) in [6.45, 7) is 7.55. The van der Waals surface area contributed by atoms with Gasteiger partial charge in [-0.15, -0.1) is 0 Å². The van der Waals surface area contributed by atoms with Crippen molar-refractivity contribution in [3.05, 3.63) is 35.9 Å². The maximum Gasteiger partial charge on any atom is 0.0741 e. The van der Waals surface area contributed by atoms with Crippen LogP contribution in [0.3, 0.4) is 0 Å². The van der Waals surface area contributed by atoms with Crippen molar-refractivity contribution in [1.29, 1.82) is 0 Å². The minimum atomic E-state index is 0.106. The smallest absolute Gasteiger partial charge is 0.0741 e. The number of ether oxygens (including phenoxy) is 2. The Kier molecular flexibility index (Phi) is 6.82. The lowest BCUT2D eigenvalue weighted by Crippen LogP contribution is -2.51. The monoisotopic (exact) mass is 372 g/mol. The second kappa shape index (κ2) is 9.51. The summed E-state index contributed by atoms with van der Waals surface area (Å²) in [6, 6.07) is 11.5. The van der Waals surface area contributed by atoms with Crippen molar-refractivity contribution >= 4 is 0 Å². The van der Waals surface area contributed by atoms with Crippen molar-refractivity contribution in [3.63, 3.8) is 0 Å². The number of hydrogen-bond acceptors (Lipinski definition) is 4. The summed E-state index contributed by atoms with van der Waals surface area (Å²) in [4.78, 5) is 2.65. The van der Waals surface area contributed by atoms with Crippen LogP contribution in [0, 0.1) is 5.92 Å². The largest absolute Gasteiger partial charge is 0.381 e. The van der Waals surface area contributed by atoms with Gasteiger partial charge >= 0.3 is 0 Å². The number of piperidine rings is 1. The summed E-state index contributed by atoms with van der Waals surface area (Å²) in [5.41, 5.74) is 1.57.